The smallest absolute Gasteiger partial charge is 0.140 e. The Labute approximate surface area is 174 Å². The number of hydrogen-bond acceptors (Lipinski definition) is 4. The van der Waals surface area contributed by atoms with E-state index in [0.29, 0.717) is 5.69 Å². The Morgan fingerprint density at radius 3 is 2.45 bits per heavy atom. The molecular weight excluding hydrogens is 438 g/mol. The number of benzene rings is 1. The number of nitrogens with zero attached hydrogens (tertiary/aromatic N) is 4. The van der Waals surface area contributed by atoms with Crippen molar-refractivity contribution in [3.05, 3.63) is 75.2 Å². The van der Waals surface area contributed by atoms with Crippen molar-refractivity contribution in [2.45, 2.75) is 37.0 Å². The molecule has 7 heteroatoms. The first-order valence-corrected chi connectivity index (χ1v) is 10.2. The molecule has 2 heterocycles. The van der Waals surface area contributed by atoms with Gasteiger partial charge in [0.25, 0.3) is 0 Å². The van der Waals surface area contributed by atoms with Crippen molar-refractivity contribution in [3.8, 4) is 17.3 Å². The number of aromatic nitrogens is 3. The number of nitriles is 1. The number of rotatable bonds is 2. The molecular formula is C22H15BrF2N4. The third kappa shape index (κ3) is 2.70. The highest BCUT2D eigenvalue weighted by molar-refractivity contribution is 9.10. The molecule has 0 N–H and O–H groups in total. The number of hydrogen-bond donors (Lipinski definition) is 0. The van der Waals surface area contributed by atoms with E-state index < -0.39 is 17.0 Å². The van der Waals surface area contributed by atoms with Crippen molar-refractivity contribution < 1.29 is 8.78 Å². The van der Waals surface area contributed by atoms with E-state index in [-0.39, 0.29) is 17.2 Å². The van der Waals surface area contributed by atoms with E-state index in [2.05, 4.69) is 37.2 Å². The van der Waals surface area contributed by atoms with Crippen molar-refractivity contribution in [2.75, 3.05) is 0 Å². The first kappa shape index (κ1) is 18.3. The SMILES string of the molecule is N#Cc1ccc(Br)c([C@]23CC[C@H](CC2)c2cc(-c4c(F)cccc4F)nnc23)n1. The molecule has 3 aliphatic rings. The summed E-state index contributed by atoms with van der Waals surface area (Å²) in [6.07, 6.45) is 3.58. The first-order valence-electron chi connectivity index (χ1n) is 9.43. The average molecular weight is 453 g/mol. The lowest BCUT2D eigenvalue weighted by molar-refractivity contribution is 0.262. The molecule has 29 heavy (non-hydrogen) atoms. The number of pyridine rings is 1. The van der Waals surface area contributed by atoms with Crippen molar-refractivity contribution >= 4 is 15.9 Å². The van der Waals surface area contributed by atoms with Gasteiger partial charge in [0.05, 0.1) is 28.1 Å². The molecule has 0 aliphatic heterocycles. The van der Waals surface area contributed by atoms with Crippen molar-refractivity contribution in [1.29, 1.82) is 5.26 Å². The molecule has 6 rings (SSSR count). The van der Waals surface area contributed by atoms with Crippen LogP contribution in [-0.2, 0) is 5.41 Å². The van der Waals surface area contributed by atoms with E-state index >= 15 is 0 Å². The van der Waals surface area contributed by atoms with Gasteiger partial charge >= 0.3 is 0 Å². The van der Waals surface area contributed by atoms with E-state index in [1.807, 2.05) is 6.07 Å². The molecule has 0 saturated heterocycles. The van der Waals surface area contributed by atoms with Crippen LogP contribution in [-0.4, -0.2) is 15.2 Å². The fourth-order valence-electron chi connectivity index (χ4n) is 4.80. The predicted molar refractivity (Wildman–Crippen MR) is 106 cm³/mol. The van der Waals surface area contributed by atoms with Crippen LogP contribution in [0.4, 0.5) is 8.78 Å². The van der Waals surface area contributed by atoms with Crippen LogP contribution in [0.5, 0.6) is 0 Å². The summed E-state index contributed by atoms with van der Waals surface area (Å²) >= 11 is 3.59. The Bertz CT molecular complexity index is 1160. The van der Waals surface area contributed by atoms with E-state index in [1.54, 1.807) is 12.1 Å². The van der Waals surface area contributed by atoms with Gasteiger partial charge < -0.3 is 0 Å². The molecule has 2 bridgehead atoms. The zero-order valence-corrected chi connectivity index (χ0v) is 16.9. The topological polar surface area (TPSA) is 62.5 Å². The average Bonchev–Trinajstić information content (AvgIpc) is 2.74. The largest absolute Gasteiger partial charge is 0.240 e. The van der Waals surface area contributed by atoms with E-state index in [4.69, 9.17) is 0 Å². The van der Waals surface area contributed by atoms with Crippen molar-refractivity contribution in [1.82, 2.24) is 15.2 Å². The lowest BCUT2D eigenvalue weighted by atomic mass is 9.58. The maximum Gasteiger partial charge on any atom is 0.140 e. The van der Waals surface area contributed by atoms with Gasteiger partial charge in [-0.1, -0.05) is 6.07 Å². The van der Waals surface area contributed by atoms with Crippen molar-refractivity contribution in [2.24, 2.45) is 0 Å². The summed E-state index contributed by atoms with van der Waals surface area (Å²) < 4.78 is 29.4. The third-order valence-electron chi connectivity index (χ3n) is 6.19. The van der Waals surface area contributed by atoms with Gasteiger partial charge in [-0.3, -0.25) is 0 Å². The zero-order valence-electron chi connectivity index (χ0n) is 15.3. The fourth-order valence-corrected chi connectivity index (χ4v) is 5.40. The maximum absolute atomic E-state index is 14.3. The molecule has 144 valence electrons. The van der Waals surface area contributed by atoms with Crippen LogP contribution >= 0.6 is 15.9 Å². The van der Waals surface area contributed by atoms with Gasteiger partial charge in [-0.05, 0) is 83.4 Å². The van der Waals surface area contributed by atoms with Gasteiger partial charge in [-0.15, -0.1) is 5.10 Å². The second-order valence-corrected chi connectivity index (χ2v) is 8.48. The van der Waals surface area contributed by atoms with Gasteiger partial charge in [-0.2, -0.15) is 10.4 Å². The van der Waals surface area contributed by atoms with Gasteiger partial charge in [0, 0.05) is 4.47 Å². The number of halogens is 3. The summed E-state index contributed by atoms with van der Waals surface area (Å²) in [6.45, 7) is 0. The number of fused-ring (bicyclic) bond motifs is 2. The van der Waals surface area contributed by atoms with Crippen LogP contribution in [0.3, 0.4) is 0 Å². The van der Waals surface area contributed by atoms with E-state index in [9.17, 15) is 14.0 Å². The van der Waals surface area contributed by atoms with Crippen LogP contribution in [0, 0.1) is 23.0 Å². The summed E-state index contributed by atoms with van der Waals surface area (Å²) in [6, 6.07) is 11.2. The second kappa shape index (κ2) is 6.67. The van der Waals surface area contributed by atoms with Crippen LogP contribution < -0.4 is 0 Å². The highest BCUT2D eigenvalue weighted by Crippen LogP contribution is 2.56. The van der Waals surface area contributed by atoms with Gasteiger partial charge in [0.15, 0.2) is 0 Å². The Morgan fingerprint density at radius 2 is 1.76 bits per heavy atom. The Morgan fingerprint density at radius 1 is 1.03 bits per heavy atom. The zero-order chi connectivity index (χ0) is 20.2. The minimum atomic E-state index is -0.652. The van der Waals surface area contributed by atoms with Crippen molar-refractivity contribution in [3.63, 3.8) is 0 Å². The molecule has 2 aromatic heterocycles. The normalized spacial score (nSPS) is 22.2. The molecule has 1 aromatic carbocycles. The Balaban J connectivity index is 1.71. The molecule has 4 nitrogen and oxygen atoms in total. The highest BCUT2D eigenvalue weighted by Gasteiger charge is 2.49. The van der Waals surface area contributed by atoms with Crippen LogP contribution in [0.15, 0.2) is 40.9 Å². The van der Waals surface area contributed by atoms with Crippen LogP contribution in [0.2, 0.25) is 0 Å². The summed E-state index contributed by atoms with van der Waals surface area (Å²) in [5, 5.41) is 18.0. The van der Waals surface area contributed by atoms with Gasteiger partial charge in [0.2, 0.25) is 0 Å². The molecule has 0 amide bonds. The Hall–Kier alpha value is -2.72. The van der Waals surface area contributed by atoms with E-state index in [1.165, 1.54) is 18.2 Å². The highest BCUT2D eigenvalue weighted by atomic mass is 79.9. The molecule has 3 aromatic rings. The van der Waals surface area contributed by atoms with Gasteiger partial charge in [0.1, 0.15) is 23.4 Å². The summed E-state index contributed by atoms with van der Waals surface area (Å²) in [5.41, 5.74) is 2.54. The molecule has 0 atom stereocenters. The third-order valence-corrected chi connectivity index (χ3v) is 6.83. The second-order valence-electron chi connectivity index (χ2n) is 7.63. The molecule has 0 spiro atoms. The molecule has 0 unspecified atom stereocenters. The maximum atomic E-state index is 14.3. The lowest BCUT2D eigenvalue weighted by Gasteiger charge is -2.46. The summed E-state index contributed by atoms with van der Waals surface area (Å²) in [5.74, 6) is -1.02. The first-order chi connectivity index (χ1) is 14.0. The standard InChI is InChI=1S/C22H15BrF2N4/c23-15-5-4-13(11-26)27-21(15)22-8-6-12(7-9-22)14-10-18(28-29-20(14)22)19-16(24)2-1-3-17(19)25/h1-5,10,12H,6-9H2/t12-,22-. The van der Waals surface area contributed by atoms with E-state index in [0.717, 1.165) is 47.1 Å². The monoisotopic (exact) mass is 452 g/mol. The molecule has 1 saturated carbocycles. The minimum absolute atomic E-state index is 0.149. The molecule has 0 radical (unpaired) electrons. The predicted octanol–water partition coefficient (Wildman–Crippen LogP) is 5.41. The van der Waals surface area contributed by atoms with Gasteiger partial charge in [-0.25, -0.2) is 13.8 Å². The summed E-state index contributed by atoms with van der Waals surface area (Å²) in [4.78, 5) is 4.59. The Kier molecular flexibility index (Phi) is 4.21. The lowest BCUT2D eigenvalue weighted by Crippen LogP contribution is -2.41. The molecule has 3 aliphatic carbocycles. The van der Waals surface area contributed by atoms with Crippen LogP contribution in [0.25, 0.3) is 11.3 Å². The van der Waals surface area contributed by atoms with Crippen LogP contribution in [0.1, 0.15) is 54.2 Å². The summed E-state index contributed by atoms with van der Waals surface area (Å²) in [7, 11) is 0. The fraction of sp³-hybridized carbons (Fsp3) is 0.273. The molecule has 1 fully saturated rings. The minimum Gasteiger partial charge on any atom is -0.240 e. The quantitative estimate of drug-likeness (QED) is 0.521.